The van der Waals surface area contributed by atoms with E-state index >= 15 is 0 Å². The topological polar surface area (TPSA) is 36.4 Å². The van der Waals surface area contributed by atoms with E-state index in [1.165, 1.54) is 17.4 Å². The lowest BCUT2D eigenvalue weighted by Crippen LogP contribution is -2.22. The van der Waals surface area contributed by atoms with Crippen molar-refractivity contribution >= 4 is 16.5 Å². The van der Waals surface area contributed by atoms with E-state index in [2.05, 4.69) is 4.98 Å². The molecule has 1 aromatic carbocycles. The number of aliphatic hydroxyl groups is 1. The second-order valence-electron chi connectivity index (χ2n) is 5.52. The van der Waals surface area contributed by atoms with Crippen LogP contribution in [-0.2, 0) is 6.42 Å². The molecule has 0 saturated heterocycles. The van der Waals surface area contributed by atoms with Gasteiger partial charge >= 0.3 is 0 Å². The normalized spacial score (nSPS) is 19.1. The maximum atomic E-state index is 13.9. The van der Waals surface area contributed by atoms with Gasteiger partial charge in [-0.1, -0.05) is 29.5 Å². The van der Waals surface area contributed by atoms with Crippen LogP contribution in [0, 0.1) is 5.82 Å². The molecule has 0 amide bonds. The molecule has 0 fully saturated rings. The number of aromatic nitrogens is 1. The Labute approximate surface area is 128 Å². The minimum Gasteiger partial charge on any atom is -0.388 e. The molecular weight excluding hydrogens is 287 g/mol. The lowest BCUT2D eigenvalue weighted by Gasteiger charge is -2.25. The zero-order chi connectivity index (χ0) is 15.0. The number of benzene rings is 1. The number of nitrogens with zero attached hydrogens (tertiary/aromatic N) is 2. The third kappa shape index (κ3) is 2.68. The summed E-state index contributed by atoms with van der Waals surface area (Å²) < 4.78 is 13.9. The summed E-state index contributed by atoms with van der Waals surface area (Å²) in [5.41, 5.74) is 1.66. The zero-order valence-electron chi connectivity index (χ0n) is 12.2. The van der Waals surface area contributed by atoms with Gasteiger partial charge in [-0.05, 0) is 32.3 Å². The molecule has 3 rings (SSSR count). The summed E-state index contributed by atoms with van der Waals surface area (Å²) in [6.45, 7) is 1.97. The lowest BCUT2D eigenvalue weighted by molar-refractivity contribution is 0.160. The summed E-state index contributed by atoms with van der Waals surface area (Å²) in [5.74, 6) is -0.196. The third-order valence-electron chi connectivity index (χ3n) is 4.15. The van der Waals surface area contributed by atoms with Crippen molar-refractivity contribution in [1.82, 2.24) is 4.98 Å². The van der Waals surface area contributed by atoms with Crippen molar-refractivity contribution in [3.8, 4) is 0 Å². The summed E-state index contributed by atoms with van der Waals surface area (Å²) in [6.07, 6.45) is 2.31. The Morgan fingerprint density at radius 1 is 1.43 bits per heavy atom. The van der Waals surface area contributed by atoms with E-state index in [0.29, 0.717) is 5.56 Å². The minimum atomic E-state index is -0.392. The Balaban J connectivity index is 1.88. The van der Waals surface area contributed by atoms with E-state index in [1.54, 1.807) is 12.1 Å². The molecule has 2 atom stereocenters. The largest absolute Gasteiger partial charge is 0.388 e. The van der Waals surface area contributed by atoms with Crippen LogP contribution < -0.4 is 4.90 Å². The molecule has 21 heavy (non-hydrogen) atoms. The highest BCUT2D eigenvalue weighted by molar-refractivity contribution is 7.15. The van der Waals surface area contributed by atoms with Crippen LogP contribution in [0.2, 0.25) is 0 Å². The molecule has 0 bridgehead atoms. The molecule has 0 aliphatic heterocycles. The number of rotatable bonds is 3. The van der Waals surface area contributed by atoms with Gasteiger partial charge in [0.1, 0.15) is 5.82 Å². The standard InChI is InChI=1S/C16H19FN2OS/c1-10(11-6-3-4-7-12(11)17)19(2)16-18-13-8-5-9-14(20)15(13)21-16/h3-4,6-7,10,14,20H,5,8-9H2,1-2H3. The van der Waals surface area contributed by atoms with Crippen molar-refractivity contribution < 1.29 is 9.50 Å². The van der Waals surface area contributed by atoms with Crippen LogP contribution in [0.15, 0.2) is 24.3 Å². The molecule has 0 spiro atoms. The maximum Gasteiger partial charge on any atom is 0.186 e. The van der Waals surface area contributed by atoms with Crippen LogP contribution in [0.4, 0.5) is 9.52 Å². The number of fused-ring (bicyclic) bond motifs is 1. The Hall–Kier alpha value is -1.46. The van der Waals surface area contributed by atoms with Gasteiger partial charge in [0.25, 0.3) is 0 Å². The Bertz CT molecular complexity index is 643. The number of hydrogen-bond donors (Lipinski definition) is 1. The first-order chi connectivity index (χ1) is 10.1. The number of halogens is 1. The molecule has 1 aliphatic carbocycles. The van der Waals surface area contributed by atoms with Crippen LogP contribution in [0.3, 0.4) is 0 Å². The lowest BCUT2D eigenvalue weighted by atomic mass is 10.0. The summed E-state index contributed by atoms with van der Waals surface area (Å²) in [7, 11) is 1.92. The van der Waals surface area contributed by atoms with E-state index in [0.717, 1.165) is 35.0 Å². The highest BCUT2D eigenvalue weighted by atomic mass is 32.1. The third-order valence-corrected chi connectivity index (χ3v) is 5.44. The summed E-state index contributed by atoms with van der Waals surface area (Å²) in [6, 6.07) is 6.73. The molecule has 0 saturated carbocycles. The maximum absolute atomic E-state index is 13.9. The zero-order valence-corrected chi connectivity index (χ0v) is 13.0. The van der Waals surface area contributed by atoms with Crippen molar-refractivity contribution in [3.63, 3.8) is 0 Å². The van der Waals surface area contributed by atoms with Gasteiger partial charge in [0.15, 0.2) is 5.13 Å². The van der Waals surface area contributed by atoms with Crippen LogP contribution in [0.5, 0.6) is 0 Å². The van der Waals surface area contributed by atoms with Gasteiger partial charge in [0.05, 0.1) is 22.7 Å². The fourth-order valence-corrected chi connectivity index (χ4v) is 3.90. The van der Waals surface area contributed by atoms with E-state index in [9.17, 15) is 9.50 Å². The van der Waals surface area contributed by atoms with E-state index in [-0.39, 0.29) is 11.9 Å². The molecule has 1 aromatic heterocycles. The molecule has 2 aromatic rings. The van der Waals surface area contributed by atoms with Gasteiger partial charge in [-0.2, -0.15) is 0 Å². The molecule has 112 valence electrons. The highest BCUT2D eigenvalue weighted by Crippen LogP contribution is 2.39. The van der Waals surface area contributed by atoms with Crippen LogP contribution >= 0.6 is 11.3 Å². The Morgan fingerprint density at radius 3 is 2.90 bits per heavy atom. The van der Waals surface area contributed by atoms with Crippen LogP contribution in [-0.4, -0.2) is 17.1 Å². The summed E-state index contributed by atoms with van der Waals surface area (Å²) in [4.78, 5) is 7.60. The predicted octanol–water partition coefficient (Wildman–Crippen LogP) is 3.85. The van der Waals surface area contributed by atoms with Gasteiger partial charge in [-0.25, -0.2) is 9.37 Å². The minimum absolute atomic E-state index is 0.101. The number of aryl methyl sites for hydroxylation is 1. The first-order valence-corrected chi connectivity index (χ1v) is 8.04. The molecule has 1 N–H and O–H groups in total. The number of thiazole rings is 1. The summed E-state index contributed by atoms with van der Waals surface area (Å²) in [5, 5.41) is 10.9. The van der Waals surface area contributed by atoms with Gasteiger partial charge in [0, 0.05) is 12.6 Å². The second kappa shape index (κ2) is 5.73. The Morgan fingerprint density at radius 2 is 2.19 bits per heavy atom. The van der Waals surface area contributed by atoms with Crippen molar-refractivity contribution in [2.45, 2.75) is 38.3 Å². The Kier molecular flexibility index (Phi) is 3.95. The fraction of sp³-hybridized carbons (Fsp3) is 0.438. The molecule has 1 heterocycles. The molecule has 0 radical (unpaired) electrons. The monoisotopic (exact) mass is 306 g/mol. The van der Waals surface area contributed by atoms with Gasteiger partial charge < -0.3 is 10.0 Å². The second-order valence-corrected chi connectivity index (χ2v) is 6.53. The van der Waals surface area contributed by atoms with E-state index in [1.807, 2.05) is 24.9 Å². The SMILES string of the molecule is CC(c1ccccc1F)N(C)c1nc2c(s1)C(O)CCC2. The van der Waals surface area contributed by atoms with Gasteiger partial charge in [-0.3, -0.25) is 0 Å². The highest BCUT2D eigenvalue weighted by Gasteiger charge is 2.25. The quantitative estimate of drug-likeness (QED) is 0.935. The van der Waals surface area contributed by atoms with Crippen LogP contribution in [0.25, 0.3) is 0 Å². The predicted molar refractivity (Wildman–Crippen MR) is 83.2 cm³/mol. The number of hydrogen-bond acceptors (Lipinski definition) is 4. The number of anilines is 1. The van der Waals surface area contributed by atoms with E-state index in [4.69, 9.17) is 0 Å². The number of aliphatic hydroxyl groups excluding tert-OH is 1. The van der Waals surface area contributed by atoms with Gasteiger partial charge in [0.2, 0.25) is 0 Å². The fourth-order valence-electron chi connectivity index (χ4n) is 2.72. The molecule has 5 heteroatoms. The van der Waals surface area contributed by atoms with Crippen LogP contribution in [0.1, 0.15) is 48.0 Å². The summed E-state index contributed by atoms with van der Waals surface area (Å²) >= 11 is 1.52. The first kappa shape index (κ1) is 14.5. The smallest absolute Gasteiger partial charge is 0.186 e. The van der Waals surface area contributed by atoms with Gasteiger partial charge in [-0.15, -0.1) is 0 Å². The molecular formula is C16H19FN2OS. The molecule has 2 unspecified atom stereocenters. The van der Waals surface area contributed by atoms with Crippen molar-refractivity contribution in [3.05, 3.63) is 46.2 Å². The van der Waals surface area contributed by atoms with Crippen molar-refractivity contribution in [2.24, 2.45) is 0 Å². The average Bonchev–Trinajstić information content (AvgIpc) is 2.92. The average molecular weight is 306 g/mol. The first-order valence-electron chi connectivity index (χ1n) is 7.23. The van der Waals surface area contributed by atoms with Crippen molar-refractivity contribution in [2.75, 3.05) is 11.9 Å². The van der Waals surface area contributed by atoms with Crippen molar-refractivity contribution in [1.29, 1.82) is 0 Å². The molecule has 1 aliphatic rings. The molecule has 3 nitrogen and oxygen atoms in total. The van der Waals surface area contributed by atoms with E-state index < -0.39 is 6.10 Å².